The second-order valence-electron chi connectivity index (χ2n) is 5.12. The van der Waals surface area contributed by atoms with E-state index in [0.29, 0.717) is 15.6 Å². The van der Waals surface area contributed by atoms with E-state index < -0.39 is 23.8 Å². The number of carbonyl (C=O) groups is 2. The summed E-state index contributed by atoms with van der Waals surface area (Å²) in [6.45, 7) is -0.483. The molecular weight excluding hydrogens is 367 g/mol. The molecule has 5 nitrogen and oxygen atoms in total. The zero-order valence-corrected chi connectivity index (χ0v) is 14.1. The number of hydrogen-bond acceptors (Lipinski definition) is 5. The lowest BCUT2D eigenvalue weighted by atomic mass is 10.1. The Balaban J connectivity index is 1.76. The van der Waals surface area contributed by atoms with Crippen LogP contribution in [0.5, 0.6) is 0 Å². The van der Waals surface area contributed by atoms with Crippen molar-refractivity contribution in [2.75, 3.05) is 6.61 Å². The Morgan fingerprint density at radius 3 is 2.36 bits per heavy atom. The molecule has 0 saturated heterocycles. The van der Waals surface area contributed by atoms with E-state index in [1.54, 1.807) is 12.1 Å². The van der Waals surface area contributed by atoms with Crippen molar-refractivity contribution in [3.8, 4) is 0 Å². The van der Waals surface area contributed by atoms with E-state index in [4.69, 9.17) is 32.4 Å². The van der Waals surface area contributed by atoms with Gasteiger partial charge in [-0.15, -0.1) is 0 Å². The molecule has 25 heavy (non-hydrogen) atoms. The average Bonchev–Trinajstić information content (AvgIpc) is 2.60. The fourth-order valence-corrected chi connectivity index (χ4v) is 2.45. The first kappa shape index (κ1) is 17.2. The normalized spacial score (nSPS) is 10.6. The van der Waals surface area contributed by atoms with E-state index >= 15 is 0 Å². The topological polar surface area (TPSA) is 73.6 Å². The van der Waals surface area contributed by atoms with E-state index in [1.165, 1.54) is 30.3 Å². The highest BCUT2D eigenvalue weighted by molar-refractivity contribution is 6.31. The molecule has 0 aliphatic carbocycles. The molecule has 0 bridgehead atoms. The molecule has 0 aliphatic heterocycles. The number of carbonyl (C=O) groups excluding carboxylic acids is 2. The Bertz CT molecular complexity index is 1020. The van der Waals surface area contributed by atoms with Crippen LogP contribution in [0, 0.1) is 0 Å². The number of hydrogen-bond donors (Lipinski definition) is 0. The number of ether oxygens (including phenoxy) is 1. The van der Waals surface area contributed by atoms with Crippen LogP contribution in [0.4, 0.5) is 0 Å². The summed E-state index contributed by atoms with van der Waals surface area (Å²) in [7, 11) is 0. The number of esters is 1. The monoisotopic (exact) mass is 376 g/mol. The van der Waals surface area contributed by atoms with Gasteiger partial charge in [-0.1, -0.05) is 23.2 Å². The van der Waals surface area contributed by atoms with Crippen LogP contribution in [0.25, 0.3) is 11.0 Å². The Kier molecular flexibility index (Phi) is 4.88. The van der Waals surface area contributed by atoms with Gasteiger partial charge in [0, 0.05) is 21.7 Å². The van der Waals surface area contributed by atoms with Crippen molar-refractivity contribution >= 4 is 45.9 Å². The Labute approximate surface area is 151 Å². The lowest BCUT2D eigenvalue weighted by Crippen LogP contribution is -2.15. The van der Waals surface area contributed by atoms with Gasteiger partial charge in [-0.3, -0.25) is 9.59 Å². The maximum atomic E-state index is 12.0. The molecule has 0 radical (unpaired) electrons. The minimum atomic E-state index is -0.906. The molecule has 1 aromatic heterocycles. The summed E-state index contributed by atoms with van der Waals surface area (Å²) in [4.78, 5) is 36.1. The van der Waals surface area contributed by atoms with Gasteiger partial charge < -0.3 is 9.15 Å². The van der Waals surface area contributed by atoms with Crippen LogP contribution in [-0.4, -0.2) is 18.4 Å². The Morgan fingerprint density at radius 1 is 0.960 bits per heavy atom. The van der Waals surface area contributed by atoms with Crippen LogP contribution in [0.1, 0.15) is 20.9 Å². The van der Waals surface area contributed by atoms with Crippen molar-refractivity contribution < 1.29 is 18.7 Å². The third-order valence-electron chi connectivity index (χ3n) is 3.39. The summed E-state index contributed by atoms with van der Waals surface area (Å²) in [5.41, 5.74) is 0.124. The molecule has 3 rings (SSSR count). The molecule has 0 saturated carbocycles. The largest absolute Gasteiger partial charge is 0.451 e. The molecule has 0 N–H and O–H groups in total. The maximum absolute atomic E-state index is 12.0. The number of Topliss-reactive ketones (excluding diaryl/α,β-unsaturated/α-hetero) is 1. The Morgan fingerprint density at radius 2 is 1.64 bits per heavy atom. The molecule has 7 heteroatoms. The summed E-state index contributed by atoms with van der Waals surface area (Å²) in [6, 6.07) is 11.6. The van der Waals surface area contributed by atoms with Crippen molar-refractivity contribution in [2.45, 2.75) is 0 Å². The second kappa shape index (κ2) is 7.09. The lowest BCUT2D eigenvalue weighted by Gasteiger charge is -2.05. The lowest BCUT2D eigenvalue weighted by molar-refractivity contribution is 0.0444. The molecule has 0 atom stereocenters. The number of rotatable bonds is 4. The van der Waals surface area contributed by atoms with Crippen LogP contribution in [0.3, 0.4) is 0 Å². The number of benzene rings is 2. The molecule has 0 unspecified atom stereocenters. The highest BCUT2D eigenvalue weighted by atomic mass is 35.5. The molecule has 2 aromatic carbocycles. The van der Waals surface area contributed by atoms with Gasteiger partial charge in [0.2, 0.25) is 5.76 Å². The van der Waals surface area contributed by atoms with Crippen molar-refractivity contribution in [2.24, 2.45) is 0 Å². The van der Waals surface area contributed by atoms with E-state index in [1.807, 2.05) is 0 Å². The first-order valence-corrected chi connectivity index (χ1v) is 7.89. The van der Waals surface area contributed by atoms with Crippen molar-refractivity contribution in [3.63, 3.8) is 0 Å². The fourth-order valence-electron chi connectivity index (χ4n) is 2.15. The van der Waals surface area contributed by atoms with E-state index in [-0.39, 0.29) is 16.7 Å². The Hall–Kier alpha value is -2.63. The summed E-state index contributed by atoms with van der Waals surface area (Å²) in [5, 5.41) is 1.12. The SMILES string of the molecule is O=C(COC(=O)c1cc(=O)c2cc(Cl)ccc2o1)c1ccc(Cl)cc1. The molecule has 0 fully saturated rings. The predicted octanol–water partition coefficient (Wildman–Crippen LogP) is 4.14. The molecule has 3 aromatic rings. The molecular formula is C18H10Cl2O5. The van der Waals surface area contributed by atoms with E-state index in [9.17, 15) is 14.4 Å². The third kappa shape index (κ3) is 3.90. The zero-order chi connectivity index (χ0) is 18.0. The van der Waals surface area contributed by atoms with Gasteiger partial charge in [-0.25, -0.2) is 4.79 Å². The second-order valence-corrected chi connectivity index (χ2v) is 5.99. The van der Waals surface area contributed by atoms with Gasteiger partial charge in [0.25, 0.3) is 0 Å². The highest BCUT2D eigenvalue weighted by Crippen LogP contribution is 2.18. The predicted molar refractivity (Wildman–Crippen MR) is 93.6 cm³/mol. The van der Waals surface area contributed by atoms with Crippen LogP contribution in [0.15, 0.2) is 57.7 Å². The van der Waals surface area contributed by atoms with Gasteiger partial charge in [0.05, 0.1) is 5.39 Å². The standard InChI is InChI=1S/C18H10Cl2O5/c19-11-3-1-10(2-4-11)15(22)9-24-18(23)17-8-14(21)13-7-12(20)5-6-16(13)25-17/h1-8H,9H2. The van der Waals surface area contributed by atoms with Gasteiger partial charge >= 0.3 is 5.97 Å². The van der Waals surface area contributed by atoms with Crippen LogP contribution < -0.4 is 5.43 Å². The van der Waals surface area contributed by atoms with Crippen molar-refractivity contribution in [1.82, 2.24) is 0 Å². The van der Waals surface area contributed by atoms with Gasteiger partial charge in [0.15, 0.2) is 17.8 Å². The highest BCUT2D eigenvalue weighted by Gasteiger charge is 2.16. The summed E-state index contributed by atoms with van der Waals surface area (Å²) in [6.07, 6.45) is 0. The number of halogens is 2. The van der Waals surface area contributed by atoms with Gasteiger partial charge in [0.1, 0.15) is 5.58 Å². The first-order chi connectivity index (χ1) is 11.9. The summed E-state index contributed by atoms with van der Waals surface area (Å²) >= 11 is 11.6. The number of fused-ring (bicyclic) bond motifs is 1. The maximum Gasteiger partial charge on any atom is 0.374 e. The van der Waals surface area contributed by atoms with Gasteiger partial charge in [-0.05, 0) is 42.5 Å². The molecule has 0 aliphatic rings. The molecule has 1 heterocycles. The molecule has 126 valence electrons. The van der Waals surface area contributed by atoms with Crippen LogP contribution >= 0.6 is 23.2 Å². The van der Waals surface area contributed by atoms with Crippen LogP contribution in [0.2, 0.25) is 10.0 Å². The first-order valence-electron chi connectivity index (χ1n) is 7.13. The minimum Gasteiger partial charge on any atom is -0.451 e. The van der Waals surface area contributed by atoms with Crippen LogP contribution in [-0.2, 0) is 4.74 Å². The fraction of sp³-hybridized carbons (Fsp3) is 0.0556. The quantitative estimate of drug-likeness (QED) is 0.505. The molecule has 0 spiro atoms. The minimum absolute atomic E-state index is 0.202. The van der Waals surface area contributed by atoms with Crippen molar-refractivity contribution in [1.29, 1.82) is 0 Å². The third-order valence-corrected chi connectivity index (χ3v) is 3.88. The average molecular weight is 377 g/mol. The summed E-state index contributed by atoms with van der Waals surface area (Å²) < 4.78 is 10.3. The van der Waals surface area contributed by atoms with Gasteiger partial charge in [-0.2, -0.15) is 0 Å². The number of ketones is 1. The molecule has 0 amide bonds. The zero-order valence-electron chi connectivity index (χ0n) is 12.6. The smallest absolute Gasteiger partial charge is 0.374 e. The van der Waals surface area contributed by atoms with E-state index in [0.717, 1.165) is 6.07 Å². The van der Waals surface area contributed by atoms with E-state index in [2.05, 4.69) is 0 Å². The van der Waals surface area contributed by atoms with Crippen molar-refractivity contribution in [3.05, 3.63) is 80.1 Å². The summed E-state index contributed by atoms with van der Waals surface area (Å²) in [5.74, 6) is -1.60.